The average Bonchev–Trinajstić information content (AvgIpc) is 3.17. The Kier molecular flexibility index (Phi) is 4.55. The SMILES string of the molecule is Cl.O=c1[nH]c2c(C3CCNC3)cccc2n1Cc1ccccc1. The Balaban J connectivity index is 0.00000156. The fourth-order valence-electron chi connectivity index (χ4n) is 3.39. The fraction of sp³-hybridized carbons (Fsp3) is 0.278. The van der Waals surface area contributed by atoms with Gasteiger partial charge in [0.05, 0.1) is 17.6 Å². The van der Waals surface area contributed by atoms with Crippen molar-refractivity contribution in [3.05, 3.63) is 70.1 Å². The lowest BCUT2D eigenvalue weighted by Crippen LogP contribution is -2.17. The zero-order valence-corrected chi connectivity index (χ0v) is 13.6. The first kappa shape index (κ1) is 15.8. The molecule has 0 aliphatic carbocycles. The minimum atomic E-state index is -0.0303. The third-order valence-electron chi connectivity index (χ3n) is 4.53. The molecule has 0 saturated carbocycles. The van der Waals surface area contributed by atoms with E-state index in [2.05, 4.69) is 34.6 Å². The summed E-state index contributed by atoms with van der Waals surface area (Å²) in [5, 5.41) is 3.40. The Morgan fingerprint density at radius 3 is 2.65 bits per heavy atom. The molecule has 4 rings (SSSR count). The second kappa shape index (κ2) is 6.60. The van der Waals surface area contributed by atoms with Crippen molar-refractivity contribution in [2.24, 2.45) is 0 Å². The topological polar surface area (TPSA) is 49.8 Å². The molecule has 1 fully saturated rings. The predicted molar refractivity (Wildman–Crippen MR) is 95.6 cm³/mol. The van der Waals surface area contributed by atoms with Gasteiger partial charge in [-0.1, -0.05) is 42.5 Å². The molecule has 1 aromatic heterocycles. The Morgan fingerprint density at radius 1 is 1.09 bits per heavy atom. The van der Waals surface area contributed by atoms with E-state index in [-0.39, 0.29) is 18.1 Å². The Morgan fingerprint density at radius 2 is 1.91 bits per heavy atom. The molecular formula is C18H20ClN3O. The zero-order valence-electron chi connectivity index (χ0n) is 12.8. The van der Waals surface area contributed by atoms with E-state index < -0.39 is 0 Å². The molecular weight excluding hydrogens is 310 g/mol. The van der Waals surface area contributed by atoms with Gasteiger partial charge in [-0.3, -0.25) is 4.57 Å². The van der Waals surface area contributed by atoms with E-state index in [1.165, 1.54) is 5.56 Å². The van der Waals surface area contributed by atoms with Gasteiger partial charge in [0, 0.05) is 6.54 Å². The minimum absolute atomic E-state index is 0. The first-order valence-corrected chi connectivity index (χ1v) is 7.79. The number of aromatic amines is 1. The molecule has 3 aromatic rings. The number of hydrogen-bond donors (Lipinski definition) is 2. The maximum atomic E-state index is 12.4. The first-order chi connectivity index (χ1) is 10.8. The number of para-hydroxylation sites is 1. The van der Waals surface area contributed by atoms with E-state index in [9.17, 15) is 4.79 Å². The highest BCUT2D eigenvalue weighted by molar-refractivity contribution is 5.85. The fourth-order valence-corrected chi connectivity index (χ4v) is 3.39. The van der Waals surface area contributed by atoms with E-state index in [1.54, 1.807) is 0 Å². The lowest BCUT2D eigenvalue weighted by atomic mass is 9.97. The van der Waals surface area contributed by atoms with Crippen LogP contribution in [0.3, 0.4) is 0 Å². The van der Waals surface area contributed by atoms with Crippen LogP contribution in [-0.4, -0.2) is 22.6 Å². The van der Waals surface area contributed by atoms with Crippen molar-refractivity contribution in [1.82, 2.24) is 14.9 Å². The number of nitrogens with one attached hydrogen (secondary N) is 2. The van der Waals surface area contributed by atoms with Gasteiger partial charge in [0.25, 0.3) is 0 Å². The number of H-pyrrole nitrogens is 1. The molecule has 1 atom stereocenters. The third-order valence-corrected chi connectivity index (χ3v) is 4.53. The molecule has 0 bridgehead atoms. The largest absolute Gasteiger partial charge is 0.326 e. The van der Waals surface area contributed by atoms with Crippen molar-refractivity contribution < 1.29 is 0 Å². The summed E-state index contributed by atoms with van der Waals surface area (Å²) in [7, 11) is 0. The van der Waals surface area contributed by atoms with Crippen LogP contribution in [0.25, 0.3) is 11.0 Å². The summed E-state index contributed by atoms with van der Waals surface area (Å²) < 4.78 is 1.83. The highest BCUT2D eigenvalue weighted by atomic mass is 35.5. The van der Waals surface area contributed by atoms with Crippen molar-refractivity contribution >= 4 is 23.4 Å². The molecule has 2 heterocycles. The van der Waals surface area contributed by atoms with Gasteiger partial charge in [0.2, 0.25) is 0 Å². The normalized spacial score (nSPS) is 17.3. The van der Waals surface area contributed by atoms with Crippen LogP contribution in [0, 0.1) is 0 Å². The smallest absolute Gasteiger partial charge is 0.316 e. The predicted octanol–water partition coefficient (Wildman–Crippen LogP) is 2.88. The summed E-state index contributed by atoms with van der Waals surface area (Å²) in [6.45, 7) is 2.65. The number of hydrogen-bond acceptors (Lipinski definition) is 2. The van der Waals surface area contributed by atoms with Crippen LogP contribution in [0.4, 0.5) is 0 Å². The Hall–Kier alpha value is -2.04. The summed E-state index contributed by atoms with van der Waals surface area (Å²) >= 11 is 0. The van der Waals surface area contributed by atoms with Crippen molar-refractivity contribution in [2.45, 2.75) is 18.9 Å². The molecule has 1 saturated heterocycles. The van der Waals surface area contributed by atoms with E-state index in [4.69, 9.17) is 0 Å². The molecule has 0 amide bonds. The van der Waals surface area contributed by atoms with Crippen LogP contribution in [0.5, 0.6) is 0 Å². The second-order valence-corrected chi connectivity index (χ2v) is 5.93. The van der Waals surface area contributed by atoms with Gasteiger partial charge < -0.3 is 10.3 Å². The third kappa shape index (κ3) is 2.92. The van der Waals surface area contributed by atoms with Crippen LogP contribution >= 0.6 is 12.4 Å². The number of nitrogens with zero attached hydrogens (tertiary/aromatic N) is 1. The number of halogens is 1. The molecule has 1 unspecified atom stereocenters. The molecule has 1 aliphatic heterocycles. The van der Waals surface area contributed by atoms with Crippen molar-refractivity contribution in [3.8, 4) is 0 Å². The summed E-state index contributed by atoms with van der Waals surface area (Å²) in [5.74, 6) is 0.493. The van der Waals surface area contributed by atoms with E-state index in [0.29, 0.717) is 12.5 Å². The summed E-state index contributed by atoms with van der Waals surface area (Å²) in [6, 6.07) is 16.3. The molecule has 120 valence electrons. The van der Waals surface area contributed by atoms with E-state index in [1.807, 2.05) is 28.8 Å². The Labute approximate surface area is 140 Å². The molecule has 4 nitrogen and oxygen atoms in total. The van der Waals surface area contributed by atoms with Crippen LogP contribution in [-0.2, 0) is 6.54 Å². The van der Waals surface area contributed by atoms with E-state index >= 15 is 0 Å². The minimum Gasteiger partial charge on any atom is -0.316 e. The lowest BCUT2D eigenvalue weighted by molar-refractivity contribution is 0.768. The summed E-state index contributed by atoms with van der Waals surface area (Å²) in [6.07, 6.45) is 1.13. The monoisotopic (exact) mass is 329 g/mol. The zero-order chi connectivity index (χ0) is 14.9. The summed E-state index contributed by atoms with van der Waals surface area (Å²) in [5.41, 5.74) is 4.36. The molecule has 5 heteroatoms. The molecule has 23 heavy (non-hydrogen) atoms. The molecule has 0 spiro atoms. The van der Waals surface area contributed by atoms with Gasteiger partial charge >= 0.3 is 5.69 Å². The van der Waals surface area contributed by atoms with Crippen molar-refractivity contribution in [3.63, 3.8) is 0 Å². The van der Waals surface area contributed by atoms with Crippen LogP contribution in [0.1, 0.15) is 23.5 Å². The standard InChI is InChI=1S/C18H19N3O.ClH/c22-18-20-17-15(14-9-10-19-11-14)7-4-8-16(17)21(18)12-13-5-2-1-3-6-13;/h1-8,14,19H,9-12H2,(H,20,22);1H. The van der Waals surface area contributed by atoms with Crippen LogP contribution < -0.4 is 11.0 Å². The number of aromatic nitrogens is 2. The van der Waals surface area contributed by atoms with Crippen LogP contribution in [0.2, 0.25) is 0 Å². The summed E-state index contributed by atoms with van der Waals surface area (Å²) in [4.78, 5) is 15.5. The highest BCUT2D eigenvalue weighted by Gasteiger charge is 2.20. The number of fused-ring (bicyclic) bond motifs is 1. The Bertz CT molecular complexity index is 848. The van der Waals surface area contributed by atoms with Gasteiger partial charge in [0.15, 0.2) is 0 Å². The maximum absolute atomic E-state index is 12.4. The molecule has 1 aliphatic rings. The highest BCUT2D eigenvalue weighted by Crippen LogP contribution is 2.28. The number of benzene rings is 2. The quantitative estimate of drug-likeness (QED) is 0.776. The molecule has 2 N–H and O–H groups in total. The maximum Gasteiger partial charge on any atom is 0.326 e. The number of rotatable bonds is 3. The molecule has 0 radical (unpaired) electrons. The lowest BCUT2D eigenvalue weighted by Gasteiger charge is -2.10. The number of imidazole rings is 1. The second-order valence-electron chi connectivity index (χ2n) is 5.93. The average molecular weight is 330 g/mol. The van der Waals surface area contributed by atoms with Gasteiger partial charge in [-0.15, -0.1) is 12.4 Å². The van der Waals surface area contributed by atoms with Crippen LogP contribution in [0.15, 0.2) is 53.3 Å². The first-order valence-electron chi connectivity index (χ1n) is 7.79. The van der Waals surface area contributed by atoms with Crippen molar-refractivity contribution in [2.75, 3.05) is 13.1 Å². The van der Waals surface area contributed by atoms with Gasteiger partial charge in [0.1, 0.15) is 0 Å². The van der Waals surface area contributed by atoms with Gasteiger partial charge in [-0.2, -0.15) is 0 Å². The molecule has 2 aromatic carbocycles. The van der Waals surface area contributed by atoms with Gasteiger partial charge in [-0.25, -0.2) is 4.79 Å². The van der Waals surface area contributed by atoms with E-state index in [0.717, 1.165) is 36.1 Å². The van der Waals surface area contributed by atoms with Gasteiger partial charge in [-0.05, 0) is 36.1 Å². The van der Waals surface area contributed by atoms with Crippen molar-refractivity contribution in [1.29, 1.82) is 0 Å².